The molecule has 1 aliphatic rings. The molecule has 100 valence electrons. The first-order valence-electron chi connectivity index (χ1n) is 6.23. The van der Waals surface area contributed by atoms with Crippen LogP contribution in [0.3, 0.4) is 0 Å². The number of thiazole rings is 1. The van der Waals surface area contributed by atoms with E-state index in [1.165, 1.54) is 0 Å². The first kappa shape index (κ1) is 13.3. The summed E-state index contributed by atoms with van der Waals surface area (Å²) in [4.78, 5) is 19.0. The number of aliphatic hydroxyl groups excluding tert-OH is 1. The molecule has 18 heavy (non-hydrogen) atoms. The lowest BCUT2D eigenvalue weighted by Gasteiger charge is -2.31. The maximum atomic E-state index is 11.9. The van der Waals surface area contributed by atoms with Crippen molar-refractivity contribution in [1.29, 1.82) is 0 Å². The Morgan fingerprint density at radius 3 is 2.89 bits per heavy atom. The van der Waals surface area contributed by atoms with E-state index >= 15 is 0 Å². The molecule has 2 amide bonds. The van der Waals surface area contributed by atoms with Crippen molar-refractivity contribution in [3.05, 3.63) is 16.1 Å². The van der Waals surface area contributed by atoms with Crippen molar-refractivity contribution in [2.75, 3.05) is 19.7 Å². The quantitative estimate of drug-likeness (QED) is 0.871. The molecule has 1 aliphatic heterocycles. The average molecular weight is 269 g/mol. The number of carbonyl (C=O) groups excluding carboxylic acids is 1. The summed E-state index contributed by atoms with van der Waals surface area (Å²) in [5, 5.41) is 12.0. The summed E-state index contributed by atoms with van der Waals surface area (Å²) in [6.45, 7) is 4.20. The van der Waals surface area contributed by atoms with Crippen LogP contribution in [-0.4, -0.2) is 40.7 Å². The van der Waals surface area contributed by atoms with Crippen LogP contribution < -0.4 is 5.32 Å². The summed E-state index contributed by atoms with van der Waals surface area (Å²) in [6.07, 6.45) is 1.78. The zero-order valence-corrected chi connectivity index (χ0v) is 11.4. The molecule has 0 aromatic carbocycles. The maximum absolute atomic E-state index is 11.9. The second kappa shape index (κ2) is 6.15. The predicted molar refractivity (Wildman–Crippen MR) is 70.5 cm³/mol. The molecule has 0 saturated carbocycles. The number of rotatable bonds is 3. The number of amides is 2. The molecule has 0 bridgehead atoms. The number of likely N-dealkylation sites (tertiary alicyclic amines) is 1. The number of carbonyl (C=O) groups is 1. The summed E-state index contributed by atoms with van der Waals surface area (Å²) >= 11 is 1.56. The Labute approximate surface area is 111 Å². The van der Waals surface area contributed by atoms with Crippen molar-refractivity contribution < 1.29 is 9.90 Å². The highest BCUT2D eigenvalue weighted by Gasteiger charge is 2.22. The predicted octanol–water partition coefficient (Wildman–Crippen LogP) is 1.37. The van der Waals surface area contributed by atoms with Crippen LogP contribution in [0.2, 0.25) is 0 Å². The third-order valence-corrected chi connectivity index (χ3v) is 4.34. The third-order valence-electron chi connectivity index (χ3n) is 3.40. The number of nitrogens with one attached hydrogen (secondary N) is 1. The van der Waals surface area contributed by atoms with Crippen molar-refractivity contribution in [2.24, 2.45) is 5.92 Å². The van der Waals surface area contributed by atoms with E-state index in [2.05, 4.69) is 10.3 Å². The monoisotopic (exact) mass is 269 g/mol. The van der Waals surface area contributed by atoms with Crippen molar-refractivity contribution in [3.8, 4) is 0 Å². The number of aromatic nitrogens is 1. The van der Waals surface area contributed by atoms with Gasteiger partial charge in [-0.25, -0.2) is 9.78 Å². The smallest absolute Gasteiger partial charge is 0.317 e. The van der Waals surface area contributed by atoms with Gasteiger partial charge in [-0.2, -0.15) is 0 Å². The highest BCUT2D eigenvalue weighted by Crippen LogP contribution is 2.16. The van der Waals surface area contributed by atoms with Crippen molar-refractivity contribution >= 4 is 17.4 Å². The first-order chi connectivity index (χ1) is 8.70. The molecule has 1 aromatic rings. The summed E-state index contributed by atoms with van der Waals surface area (Å²) in [7, 11) is 0. The molecule has 2 rings (SSSR count). The van der Waals surface area contributed by atoms with Crippen LogP contribution in [0.1, 0.15) is 23.4 Å². The largest absolute Gasteiger partial charge is 0.396 e. The average Bonchev–Trinajstić information content (AvgIpc) is 2.81. The van der Waals surface area contributed by atoms with E-state index in [-0.39, 0.29) is 12.6 Å². The minimum atomic E-state index is -0.0146. The van der Waals surface area contributed by atoms with E-state index in [1.807, 2.05) is 11.8 Å². The van der Waals surface area contributed by atoms with Crippen LogP contribution in [0.5, 0.6) is 0 Å². The Hall–Kier alpha value is -1.14. The molecule has 1 saturated heterocycles. The molecule has 0 atom stereocenters. The fourth-order valence-corrected chi connectivity index (χ4v) is 2.80. The SMILES string of the molecule is Cc1ncsc1CNC(=O)N1CCC(CO)CC1. The van der Waals surface area contributed by atoms with Gasteiger partial charge in [0.1, 0.15) is 0 Å². The van der Waals surface area contributed by atoms with Gasteiger partial charge in [0, 0.05) is 24.6 Å². The van der Waals surface area contributed by atoms with E-state index in [1.54, 1.807) is 16.8 Å². The summed E-state index contributed by atoms with van der Waals surface area (Å²) in [5.41, 5.74) is 2.78. The Bertz CT molecular complexity index is 400. The fourth-order valence-electron chi connectivity index (χ4n) is 2.08. The number of urea groups is 1. The lowest BCUT2D eigenvalue weighted by Crippen LogP contribution is -2.44. The molecular formula is C12H19N3O2S. The zero-order valence-electron chi connectivity index (χ0n) is 10.6. The second-order valence-corrected chi connectivity index (χ2v) is 5.57. The van der Waals surface area contributed by atoms with E-state index in [0.29, 0.717) is 12.5 Å². The Kier molecular flexibility index (Phi) is 4.54. The van der Waals surface area contributed by atoms with E-state index < -0.39 is 0 Å². The molecule has 6 heteroatoms. The number of piperidine rings is 1. The molecule has 1 aromatic heterocycles. The lowest BCUT2D eigenvalue weighted by atomic mass is 9.98. The fraction of sp³-hybridized carbons (Fsp3) is 0.667. The van der Waals surface area contributed by atoms with Gasteiger partial charge in [0.15, 0.2) is 0 Å². The van der Waals surface area contributed by atoms with Gasteiger partial charge in [-0.1, -0.05) is 0 Å². The first-order valence-corrected chi connectivity index (χ1v) is 7.11. The molecule has 0 spiro atoms. The van der Waals surface area contributed by atoms with Crippen LogP contribution in [-0.2, 0) is 6.54 Å². The van der Waals surface area contributed by atoms with Crippen LogP contribution >= 0.6 is 11.3 Å². The Balaban J connectivity index is 1.77. The van der Waals surface area contributed by atoms with Gasteiger partial charge in [-0.05, 0) is 25.7 Å². The number of hydrogen-bond acceptors (Lipinski definition) is 4. The maximum Gasteiger partial charge on any atom is 0.317 e. The van der Waals surface area contributed by atoms with E-state index in [0.717, 1.165) is 36.5 Å². The van der Waals surface area contributed by atoms with Gasteiger partial charge >= 0.3 is 6.03 Å². The molecule has 0 aliphatic carbocycles. The van der Waals surface area contributed by atoms with E-state index in [4.69, 9.17) is 5.11 Å². The third kappa shape index (κ3) is 3.20. The Morgan fingerprint density at radius 2 is 2.33 bits per heavy atom. The van der Waals surface area contributed by atoms with Gasteiger partial charge in [-0.15, -0.1) is 11.3 Å². The van der Waals surface area contributed by atoms with E-state index in [9.17, 15) is 4.79 Å². The number of aliphatic hydroxyl groups is 1. The van der Waals surface area contributed by atoms with Gasteiger partial charge in [0.05, 0.1) is 17.7 Å². The van der Waals surface area contributed by atoms with Crippen LogP contribution in [0.4, 0.5) is 4.79 Å². The van der Waals surface area contributed by atoms with Gasteiger partial charge < -0.3 is 15.3 Å². The molecule has 1 fully saturated rings. The van der Waals surface area contributed by atoms with Crippen LogP contribution in [0.25, 0.3) is 0 Å². The van der Waals surface area contributed by atoms with Gasteiger partial charge in [0.2, 0.25) is 0 Å². The zero-order chi connectivity index (χ0) is 13.0. The summed E-state index contributed by atoms with van der Waals surface area (Å²) in [6, 6.07) is -0.0146. The van der Waals surface area contributed by atoms with Crippen LogP contribution in [0.15, 0.2) is 5.51 Å². The minimum Gasteiger partial charge on any atom is -0.396 e. The van der Waals surface area contributed by atoms with Gasteiger partial charge in [0.25, 0.3) is 0 Å². The Morgan fingerprint density at radius 1 is 1.61 bits per heavy atom. The molecule has 2 heterocycles. The normalized spacial score (nSPS) is 16.9. The van der Waals surface area contributed by atoms with Crippen molar-refractivity contribution in [2.45, 2.75) is 26.3 Å². The number of aryl methyl sites for hydroxylation is 1. The molecule has 0 unspecified atom stereocenters. The summed E-state index contributed by atoms with van der Waals surface area (Å²) < 4.78 is 0. The lowest BCUT2D eigenvalue weighted by molar-refractivity contribution is 0.137. The topological polar surface area (TPSA) is 65.5 Å². The minimum absolute atomic E-state index is 0.0146. The van der Waals surface area contributed by atoms with Crippen molar-refractivity contribution in [1.82, 2.24) is 15.2 Å². The van der Waals surface area contributed by atoms with Crippen LogP contribution in [0, 0.1) is 12.8 Å². The molecule has 0 radical (unpaired) electrons. The molecular weight excluding hydrogens is 250 g/mol. The summed E-state index contributed by atoms with van der Waals surface area (Å²) in [5.74, 6) is 0.359. The highest BCUT2D eigenvalue weighted by molar-refractivity contribution is 7.09. The van der Waals surface area contributed by atoms with Crippen molar-refractivity contribution in [3.63, 3.8) is 0 Å². The number of nitrogens with zero attached hydrogens (tertiary/aromatic N) is 2. The second-order valence-electron chi connectivity index (χ2n) is 4.63. The molecule has 5 nitrogen and oxygen atoms in total. The standard InChI is InChI=1S/C12H19N3O2S/c1-9-11(18-8-14-9)6-13-12(17)15-4-2-10(7-16)3-5-15/h8,10,16H,2-7H2,1H3,(H,13,17). The molecule has 2 N–H and O–H groups in total. The highest BCUT2D eigenvalue weighted by atomic mass is 32.1. The van der Waals surface area contributed by atoms with Gasteiger partial charge in [-0.3, -0.25) is 0 Å². The number of hydrogen-bond donors (Lipinski definition) is 2.